The maximum absolute atomic E-state index is 12.5. The van der Waals surface area contributed by atoms with Crippen LogP contribution in [0.2, 0.25) is 5.02 Å². The van der Waals surface area contributed by atoms with Gasteiger partial charge in [0.25, 0.3) is 0 Å². The van der Waals surface area contributed by atoms with Gasteiger partial charge in [0, 0.05) is 36.8 Å². The number of likely N-dealkylation sites (tertiary alicyclic amines) is 1. The van der Waals surface area contributed by atoms with Crippen LogP contribution in [0.15, 0.2) is 48.5 Å². The summed E-state index contributed by atoms with van der Waals surface area (Å²) in [5.41, 5.74) is 2.96. The summed E-state index contributed by atoms with van der Waals surface area (Å²) in [4.78, 5) is 26.6. The smallest absolute Gasteiger partial charge is 0.321 e. The molecule has 2 aromatic rings. The van der Waals surface area contributed by atoms with Gasteiger partial charge >= 0.3 is 6.03 Å². The largest absolute Gasteiger partial charge is 0.352 e. The fourth-order valence-electron chi connectivity index (χ4n) is 3.60. The molecule has 1 aliphatic heterocycles. The number of amides is 3. The molecule has 29 heavy (non-hydrogen) atoms. The van der Waals surface area contributed by atoms with Crippen LogP contribution < -0.4 is 10.6 Å². The predicted molar refractivity (Wildman–Crippen MR) is 117 cm³/mol. The zero-order valence-electron chi connectivity index (χ0n) is 16.8. The van der Waals surface area contributed by atoms with Crippen LogP contribution >= 0.6 is 11.6 Å². The number of nitrogens with one attached hydrogen (secondary N) is 2. The molecule has 0 aromatic heterocycles. The molecule has 0 bridgehead atoms. The highest BCUT2D eigenvalue weighted by Crippen LogP contribution is 2.22. The third kappa shape index (κ3) is 6.79. The molecule has 1 fully saturated rings. The first-order valence-corrected chi connectivity index (χ1v) is 10.5. The molecule has 1 aliphatic rings. The molecule has 3 rings (SSSR count). The predicted octanol–water partition coefficient (Wildman–Crippen LogP) is 4.99. The van der Waals surface area contributed by atoms with Crippen molar-refractivity contribution in [3.05, 3.63) is 64.7 Å². The van der Waals surface area contributed by atoms with E-state index in [-0.39, 0.29) is 11.9 Å². The van der Waals surface area contributed by atoms with Crippen LogP contribution in [-0.2, 0) is 11.3 Å². The molecular weight excluding hydrogens is 386 g/mol. The lowest BCUT2D eigenvalue weighted by atomic mass is 9.93. The lowest BCUT2D eigenvalue weighted by Gasteiger charge is -2.32. The second-order valence-electron chi connectivity index (χ2n) is 7.70. The van der Waals surface area contributed by atoms with Crippen molar-refractivity contribution in [2.75, 3.05) is 18.4 Å². The zero-order chi connectivity index (χ0) is 20.6. The minimum Gasteiger partial charge on any atom is -0.352 e. The molecule has 2 aromatic carbocycles. The van der Waals surface area contributed by atoms with Crippen LogP contribution in [0, 0.1) is 12.8 Å². The number of rotatable bonds is 6. The van der Waals surface area contributed by atoms with E-state index in [4.69, 9.17) is 11.6 Å². The monoisotopic (exact) mass is 413 g/mol. The van der Waals surface area contributed by atoms with E-state index in [9.17, 15) is 9.59 Å². The van der Waals surface area contributed by atoms with E-state index in [0.717, 1.165) is 42.6 Å². The second kappa shape index (κ2) is 10.3. The van der Waals surface area contributed by atoms with E-state index in [1.807, 2.05) is 60.4 Å². The average molecular weight is 414 g/mol. The van der Waals surface area contributed by atoms with Gasteiger partial charge in [-0.3, -0.25) is 4.79 Å². The van der Waals surface area contributed by atoms with E-state index in [0.29, 0.717) is 30.5 Å². The third-order valence-corrected chi connectivity index (χ3v) is 5.50. The topological polar surface area (TPSA) is 61.4 Å². The standard InChI is InChI=1S/C23H28ClN3O2/c1-17-7-10-21(11-8-17)26-23(29)27-13-3-5-18(16-27)9-12-22(28)25-15-19-4-2-6-20(24)14-19/h2,4,6-8,10-11,14,18H,3,5,9,12-13,15-16H2,1H3,(H,25,28)(H,26,29)/t18-/m1/s1. The number of anilines is 1. The number of benzene rings is 2. The van der Waals surface area contributed by atoms with Crippen LogP contribution in [0.5, 0.6) is 0 Å². The number of nitrogens with zero attached hydrogens (tertiary/aromatic N) is 1. The Morgan fingerprint density at radius 1 is 1.17 bits per heavy atom. The van der Waals surface area contributed by atoms with Crippen LogP contribution in [0.4, 0.5) is 10.5 Å². The minimum atomic E-state index is -0.0658. The Morgan fingerprint density at radius 3 is 2.72 bits per heavy atom. The maximum atomic E-state index is 12.5. The van der Waals surface area contributed by atoms with Crippen molar-refractivity contribution in [1.82, 2.24) is 10.2 Å². The lowest BCUT2D eigenvalue weighted by Crippen LogP contribution is -2.42. The average Bonchev–Trinajstić information content (AvgIpc) is 2.72. The second-order valence-corrected chi connectivity index (χ2v) is 8.13. The molecular formula is C23H28ClN3O2. The molecule has 6 heteroatoms. The van der Waals surface area contributed by atoms with Gasteiger partial charge in [-0.1, -0.05) is 41.4 Å². The van der Waals surface area contributed by atoms with Crippen molar-refractivity contribution >= 4 is 29.2 Å². The molecule has 0 spiro atoms. The van der Waals surface area contributed by atoms with Gasteiger partial charge in [0.15, 0.2) is 0 Å². The Balaban J connectivity index is 1.41. The van der Waals surface area contributed by atoms with Crippen LogP contribution in [0.25, 0.3) is 0 Å². The Bertz CT molecular complexity index is 838. The first kappa shape index (κ1) is 21.2. The van der Waals surface area contributed by atoms with Gasteiger partial charge in [-0.2, -0.15) is 0 Å². The first-order chi connectivity index (χ1) is 14.0. The van der Waals surface area contributed by atoms with Gasteiger partial charge in [-0.25, -0.2) is 4.79 Å². The first-order valence-electron chi connectivity index (χ1n) is 10.1. The Hall–Kier alpha value is -2.53. The third-order valence-electron chi connectivity index (χ3n) is 5.27. The summed E-state index contributed by atoms with van der Waals surface area (Å²) < 4.78 is 0. The summed E-state index contributed by atoms with van der Waals surface area (Å²) in [5.74, 6) is 0.385. The quantitative estimate of drug-likeness (QED) is 0.700. The fraction of sp³-hybridized carbons (Fsp3) is 0.391. The van der Waals surface area contributed by atoms with Crippen molar-refractivity contribution < 1.29 is 9.59 Å². The number of carbonyl (C=O) groups excluding carboxylic acids is 2. The van der Waals surface area contributed by atoms with E-state index in [1.165, 1.54) is 0 Å². The van der Waals surface area contributed by atoms with Gasteiger partial charge in [0.05, 0.1) is 0 Å². The summed E-state index contributed by atoms with van der Waals surface area (Å²) in [6.45, 7) is 3.95. The summed E-state index contributed by atoms with van der Waals surface area (Å²) in [6, 6.07) is 15.2. The number of aryl methyl sites for hydroxylation is 1. The van der Waals surface area contributed by atoms with E-state index < -0.39 is 0 Å². The number of halogens is 1. The molecule has 0 unspecified atom stereocenters. The SMILES string of the molecule is Cc1ccc(NC(=O)N2CCC[C@H](CCC(=O)NCc3cccc(Cl)c3)C2)cc1. The van der Waals surface area contributed by atoms with Crippen LogP contribution in [0.3, 0.4) is 0 Å². The van der Waals surface area contributed by atoms with Crippen molar-refractivity contribution in [2.24, 2.45) is 5.92 Å². The number of hydrogen-bond donors (Lipinski definition) is 2. The van der Waals surface area contributed by atoms with Crippen molar-refractivity contribution in [2.45, 2.75) is 39.2 Å². The van der Waals surface area contributed by atoms with E-state index in [1.54, 1.807) is 0 Å². The number of hydrogen-bond acceptors (Lipinski definition) is 2. The van der Waals surface area contributed by atoms with Crippen molar-refractivity contribution in [1.29, 1.82) is 0 Å². The molecule has 154 valence electrons. The number of piperidine rings is 1. The molecule has 0 radical (unpaired) electrons. The molecule has 3 amide bonds. The van der Waals surface area contributed by atoms with Crippen LogP contribution in [0.1, 0.15) is 36.8 Å². The van der Waals surface area contributed by atoms with Crippen molar-refractivity contribution in [3.63, 3.8) is 0 Å². The summed E-state index contributed by atoms with van der Waals surface area (Å²) >= 11 is 5.97. The highest BCUT2D eigenvalue weighted by Gasteiger charge is 2.24. The summed E-state index contributed by atoms with van der Waals surface area (Å²) in [6.07, 6.45) is 3.28. The zero-order valence-corrected chi connectivity index (χ0v) is 17.5. The number of urea groups is 1. The van der Waals surface area contributed by atoms with E-state index >= 15 is 0 Å². The molecule has 5 nitrogen and oxygen atoms in total. The molecule has 1 atom stereocenters. The molecule has 1 saturated heterocycles. The van der Waals surface area contributed by atoms with Gasteiger partial charge in [0.2, 0.25) is 5.91 Å². The molecule has 0 saturated carbocycles. The highest BCUT2D eigenvalue weighted by atomic mass is 35.5. The van der Waals surface area contributed by atoms with Gasteiger partial charge in [0.1, 0.15) is 0 Å². The number of carbonyl (C=O) groups is 2. The van der Waals surface area contributed by atoms with Crippen LogP contribution in [-0.4, -0.2) is 29.9 Å². The van der Waals surface area contributed by atoms with Gasteiger partial charge < -0.3 is 15.5 Å². The van der Waals surface area contributed by atoms with Gasteiger partial charge in [-0.05, 0) is 61.9 Å². The summed E-state index contributed by atoms with van der Waals surface area (Å²) in [5, 5.41) is 6.58. The lowest BCUT2D eigenvalue weighted by molar-refractivity contribution is -0.121. The fourth-order valence-corrected chi connectivity index (χ4v) is 3.81. The normalized spacial score (nSPS) is 16.3. The van der Waals surface area contributed by atoms with Gasteiger partial charge in [-0.15, -0.1) is 0 Å². The Kier molecular flexibility index (Phi) is 7.53. The Labute approximate surface area is 177 Å². The molecule has 0 aliphatic carbocycles. The van der Waals surface area contributed by atoms with E-state index in [2.05, 4.69) is 10.6 Å². The highest BCUT2D eigenvalue weighted by molar-refractivity contribution is 6.30. The minimum absolute atomic E-state index is 0.0335. The maximum Gasteiger partial charge on any atom is 0.321 e. The molecule has 1 heterocycles. The summed E-state index contributed by atoms with van der Waals surface area (Å²) in [7, 11) is 0. The van der Waals surface area contributed by atoms with Crippen molar-refractivity contribution in [3.8, 4) is 0 Å². The molecule has 2 N–H and O–H groups in total. The Morgan fingerprint density at radius 2 is 1.97 bits per heavy atom.